The third-order valence-electron chi connectivity index (χ3n) is 3.15. The van der Waals surface area contributed by atoms with E-state index in [1.165, 1.54) is 23.9 Å². The van der Waals surface area contributed by atoms with Crippen molar-refractivity contribution in [2.45, 2.75) is 12.3 Å². The van der Waals surface area contributed by atoms with E-state index in [9.17, 15) is 13.6 Å². The fraction of sp³-hybridized carbons (Fsp3) is 0.235. The number of halogens is 2. The van der Waals surface area contributed by atoms with Gasteiger partial charge in [0.2, 0.25) is 5.91 Å². The molecule has 1 N–H and O–H groups in total. The molecule has 0 aromatic heterocycles. The van der Waals surface area contributed by atoms with Gasteiger partial charge in [0.05, 0.1) is 12.9 Å². The number of thioether (sulfide) groups is 1. The van der Waals surface area contributed by atoms with Crippen LogP contribution in [0.4, 0.5) is 8.78 Å². The van der Waals surface area contributed by atoms with Crippen LogP contribution in [0.2, 0.25) is 0 Å². The zero-order valence-corrected chi connectivity index (χ0v) is 13.5. The molecule has 2 rings (SSSR count). The van der Waals surface area contributed by atoms with Gasteiger partial charge in [0.15, 0.2) is 11.6 Å². The normalized spacial score (nSPS) is 10.4. The Kier molecular flexibility index (Phi) is 6.40. The Bertz CT molecular complexity index is 679. The summed E-state index contributed by atoms with van der Waals surface area (Å²) >= 11 is 1.24. The van der Waals surface area contributed by atoms with Gasteiger partial charge in [-0.05, 0) is 23.8 Å². The SMILES string of the molecule is COc1cccc(CNC(=O)CSCc2cccc(F)c2F)c1. The maximum Gasteiger partial charge on any atom is 0.230 e. The van der Waals surface area contributed by atoms with Gasteiger partial charge in [-0.1, -0.05) is 24.3 Å². The summed E-state index contributed by atoms with van der Waals surface area (Å²) in [5.74, 6) is -0.722. The number of hydrogen-bond acceptors (Lipinski definition) is 3. The van der Waals surface area contributed by atoms with E-state index in [0.717, 1.165) is 17.4 Å². The lowest BCUT2D eigenvalue weighted by Crippen LogP contribution is -2.24. The van der Waals surface area contributed by atoms with Gasteiger partial charge in [0, 0.05) is 17.9 Å². The number of rotatable bonds is 7. The highest BCUT2D eigenvalue weighted by atomic mass is 32.2. The topological polar surface area (TPSA) is 38.3 Å². The van der Waals surface area contributed by atoms with E-state index in [0.29, 0.717) is 6.54 Å². The Morgan fingerprint density at radius 2 is 2.00 bits per heavy atom. The molecule has 0 saturated heterocycles. The predicted molar refractivity (Wildman–Crippen MR) is 87.4 cm³/mol. The molecule has 0 heterocycles. The van der Waals surface area contributed by atoms with Crippen LogP contribution in [0.3, 0.4) is 0 Å². The van der Waals surface area contributed by atoms with Crippen LogP contribution in [0.15, 0.2) is 42.5 Å². The van der Waals surface area contributed by atoms with Crippen molar-refractivity contribution < 1.29 is 18.3 Å². The van der Waals surface area contributed by atoms with E-state index in [1.54, 1.807) is 7.11 Å². The van der Waals surface area contributed by atoms with Gasteiger partial charge in [-0.15, -0.1) is 11.8 Å². The molecule has 0 aliphatic rings. The maximum atomic E-state index is 13.5. The van der Waals surface area contributed by atoms with Crippen LogP contribution in [0.1, 0.15) is 11.1 Å². The summed E-state index contributed by atoms with van der Waals surface area (Å²) in [5.41, 5.74) is 1.19. The molecule has 0 bridgehead atoms. The minimum atomic E-state index is -0.870. The predicted octanol–water partition coefficient (Wildman–Crippen LogP) is 3.52. The number of methoxy groups -OCH3 is 1. The first-order valence-corrected chi connectivity index (χ1v) is 8.16. The maximum absolute atomic E-state index is 13.5. The third kappa shape index (κ3) is 5.25. The Hall–Kier alpha value is -2.08. The third-order valence-corrected chi connectivity index (χ3v) is 4.13. The quantitative estimate of drug-likeness (QED) is 0.840. The summed E-state index contributed by atoms with van der Waals surface area (Å²) in [6, 6.07) is 11.4. The summed E-state index contributed by atoms with van der Waals surface area (Å²) in [6.45, 7) is 0.394. The molecule has 0 radical (unpaired) electrons. The van der Waals surface area contributed by atoms with Crippen LogP contribution >= 0.6 is 11.8 Å². The lowest BCUT2D eigenvalue weighted by atomic mass is 10.2. The molecule has 2 aromatic rings. The van der Waals surface area contributed by atoms with Crippen molar-refractivity contribution in [3.63, 3.8) is 0 Å². The molecule has 6 heteroatoms. The molecule has 23 heavy (non-hydrogen) atoms. The first-order chi connectivity index (χ1) is 11.1. The van der Waals surface area contributed by atoms with Gasteiger partial charge >= 0.3 is 0 Å². The van der Waals surface area contributed by atoms with Crippen LogP contribution in [0, 0.1) is 11.6 Å². The van der Waals surface area contributed by atoms with Crippen LogP contribution in [0.25, 0.3) is 0 Å². The lowest BCUT2D eigenvalue weighted by molar-refractivity contribution is -0.118. The minimum Gasteiger partial charge on any atom is -0.497 e. The molecule has 122 valence electrons. The van der Waals surface area contributed by atoms with Gasteiger partial charge in [-0.2, -0.15) is 0 Å². The Labute approximate surface area is 138 Å². The van der Waals surface area contributed by atoms with Crippen molar-refractivity contribution in [3.8, 4) is 5.75 Å². The molecule has 2 aromatic carbocycles. The lowest BCUT2D eigenvalue weighted by Gasteiger charge is -2.07. The Morgan fingerprint density at radius 3 is 2.78 bits per heavy atom. The number of benzene rings is 2. The first kappa shape index (κ1) is 17.3. The number of carbonyl (C=O) groups is 1. The van der Waals surface area contributed by atoms with Gasteiger partial charge < -0.3 is 10.1 Å². The van der Waals surface area contributed by atoms with Gasteiger partial charge in [-0.25, -0.2) is 8.78 Å². The van der Waals surface area contributed by atoms with Crippen LogP contribution in [0.5, 0.6) is 5.75 Å². The standard InChI is InChI=1S/C17H17F2NO2S/c1-22-14-6-2-4-12(8-14)9-20-16(21)11-23-10-13-5-3-7-15(18)17(13)19/h2-8H,9-11H2,1H3,(H,20,21). The first-order valence-electron chi connectivity index (χ1n) is 7.00. The van der Waals surface area contributed by atoms with Gasteiger partial charge in [0.1, 0.15) is 5.75 Å². The zero-order valence-electron chi connectivity index (χ0n) is 12.6. The summed E-state index contributed by atoms with van der Waals surface area (Å²) < 4.78 is 31.6. The number of ether oxygens (including phenoxy) is 1. The second kappa shape index (κ2) is 8.53. The highest BCUT2D eigenvalue weighted by Crippen LogP contribution is 2.18. The van der Waals surface area contributed by atoms with E-state index in [2.05, 4.69) is 5.32 Å². The molecule has 1 amide bonds. The molecule has 0 spiro atoms. The smallest absolute Gasteiger partial charge is 0.230 e. The van der Waals surface area contributed by atoms with E-state index in [4.69, 9.17) is 4.74 Å². The summed E-state index contributed by atoms with van der Waals surface area (Å²) in [6.07, 6.45) is 0. The van der Waals surface area contributed by atoms with Crippen molar-refractivity contribution in [1.82, 2.24) is 5.32 Å². The molecule has 0 aliphatic carbocycles. The fourth-order valence-electron chi connectivity index (χ4n) is 1.95. The van der Waals surface area contributed by atoms with Crippen molar-refractivity contribution in [2.24, 2.45) is 0 Å². The van der Waals surface area contributed by atoms with Crippen molar-refractivity contribution in [2.75, 3.05) is 12.9 Å². The van der Waals surface area contributed by atoms with Gasteiger partial charge in [0.25, 0.3) is 0 Å². The largest absolute Gasteiger partial charge is 0.497 e. The minimum absolute atomic E-state index is 0.158. The van der Waals surface area contributed by atoms with E-state index >= 15 is 0 Å². The van der Waals surface area contributed by atoms with E-state index < -0.39 is 11.6 Å². The highest BCUT2D eigenvalue weighted by Gasteiger charge is 2.09. The summed E-state index contributed by atoms with van der Waals surface area (Å²) in [4.78, 5) is 11.8. The monoisotopic (exact) mass is 337 g/mol. The second-order valence-electron chi connectivity index (χ2n) is 4.83. The number of carbonyl (C=O) groups excluding carboxylic acids is 1. The zero-order chi connectivity index (χ0) is 16.7. The molecule has 0 saturated carbocycles. The molecule has 0 fully saturated rings. The molecular weight excluding hydrogens is 320 g/mol. The molecule has 0 aliphatic heterocycles. The fourth-order valence-corrected chi connectivity index (χ4v) is 2.78. The van der Waals surface area contributed by atoms with Crippen molar-refractivity contribution in [3.05, 3.63) is 65.2 Å². The highest BCUT2D eigenvalue weighted by molar-refractivity contribution is 7.99. The van der Waals surface area contributed by atoms with Crippen molar-refractivity contribution in [1.29, 1.82) is 0 Å². The molecule has 0 unspecified atom stereocenters. The molecular formula is C17H17F2NO2S. The van der Waals surface area contributed by atoms with Crippen molar-refractivity contribution >= 4 is 17.7 Å². The summed E-state index contributed by atoms with van der Waals surface area (Å²) in [7, 11) is 1.58. The van der Waals surface area contributed by atoms with Crippen LogP contribution < -0.4 is 10.1 Å². The van der Waals surface area contributed by atoms with Crippen LogP contribution in [-0.2, 0) is 17.1 Å². The van der Waals surface area contributed by atoms with Gasteiger partial charge in [-0.3, -0.25) is 4.79 Å². The second-order valence-corrected chi connectivity index (χ2v) is 5.82. The molecule has 3 nitrogen and oxygen atoms in total. The average Bonchev–Trinajstić information content (AvgIpc) is 2.57. The average molecular weight is 337 g/mol. The van der Waals surface area contributed by atoms with Crippen LogP contribution in [-0.4, -0.2) is 18.8 Å². The Morgan fingerprint density at radius 1 is 1.22 bits per heavy atom. The van der Waals surface area contributed by atoms with E-state index in [-0.39, 0.29) is 23.0 Å². The van der Waals surface area contributed by atoms with E-state index in [1.807, 2.05) is 24.3 Å². The number of nitrogens with one attached hydrogen (secondary N) is 1. The number of amides is 1. The summed E-state index contributed by atoms with van der Waals surface area (Å²) in [5, 5.41) is 2.78. The molecule has 0 atom stereocenters. The number of hydrogen-bond donors (Lipinski definition) is 1. The Balaban J connectivity index is 1.76.